The molecule has 1 aliphatic heterocycles. The van der Waals surface area contributed by atoms with Crippen LogP contribution in [0.3, 0.4) is 0 Å². The number of benzene rings is 1. The highest BCUT2D eigenvalue weighted by molar-refractivity contribution is 7.92. The van der Waals surface area contributed by atoms with E-state index in [1.165, 1.54) is 0 Å². The Labute approximate surface area is 114 Å². The number of nitrogens with zero attached hydrogens (tertiary/aromatic N) is 1. The van der Waals surface area contributed by atoms with Gasteiger partial charge < -0.3 is 0 Å². The number of fused-ring (bicyclic) bond motifs is 1. The normalized spacial score (nSPS) is 17.3. The predicted molar refractivity (Wildman–Crippen MR) is 75.8 cm³/mol. The van der Waals surface area contributed by atoms with Crippen molar-refractivity contribution >= 4 is 27.3 Å². The first-order chi connectivity index (χ1) is 8.54. The lowest BCUT2D eigenvalue weighted by atomic mass is 10.0. The third-order valence-electron chi connectivity index (χ3n) is 3.16. The maximum Gasteiger partial charge on any atom is 0.235 e. The summed E-state index contributed by atoms with van der Waals surface area (Å²) in [5, 5.41) is 0. The first kappa shape index (κ1) is 13.7. The SMILES string of the molecule is CC(CCl)CS(=O)(=O)N1CCCc2ccccc21. The second-order valence-corrected chi connectivity index (χ2v) is 7.09. The van der Waals surface area contributed by atoms with Crippen LogP contribution in [0, 0.1) is 5.92 Å². The summed E-state index contributed by atoms with van der Waals surface area (Å²) in [7, 11) is -3.26. The molecule has 0 aliphatic carbocycles. The van der Waals surface area contributed by atoms with Gasteiger partial charge in [0.05, 0.1) is 11.4 Å². The molecule has 18 heavy (non-hydrogen) atoms. The van der Waals surface area contributed by atoms with Gasteiger partial charge in [-0.2, -0.15) is 0 Å². The number of hydrogen-bond donors (Lipinski definition) is 0. The van der Waals surface area contributed by atoms with E-state index in [-0.39, 0.29) is 11.7 Å². The Morgan fingerprint density at radius 3 is 2.83 bits per heavy atom. The van der Waals surface area contributed by atoms with Crippen LogP contribution in [-0.4, -0.2) is 26.6 Å². The van der Waals surface area contributed by atoms with Crippen LogP contribution < -0.4 is 4.31 Å². The summed E-state index contributed by atoms with van der Waals surface area (Å²) < 4.78 is 26.3. The van der Waals surface area contributed by atoms with Gasteiger partial charge in [0, 0.05) is 12.4 Å². The van der Waals surface area contributed by atoms with Crippen molar-refractivity contribution in [3.8, 4) is 0 Å². The molecule has 5 heteroatoms. The average molecular weight is 288 g/mol. The molecule has 1 aliphatic rings. The molecule has 0 spiro atoms. The topological polar surface area (TPSA) is 37.4 Å². The van der Waals surface area contributed by atoms with E-state index in [1.807, 2.05) is 31.2 Å². The Kier molecular flexibility index (Phi) is 4.17. The number of alkyl halides is 1. The van der Waals surface area contributed by atoms with Crippen LogP contribution in [0.5, 0.6) is 0 Å². The molecule has 3 nitrogen and oxygen atoms in total. The second kappa shape index (κ2) is 5.49. The van der Waals surface area contributed by atoms with E-state index >= 15 is 0 Å². The van der Waals surface area contributed by atoms with Gasteiger partial charge in [0.25, 0.3) is 0 Å². The Balaban J connectivity index is 2.30. The van der Waals surface area contributed by atoms with Gasteiger partial charge in [0.15, 0.2) is 0 Å². The molecule has 0 aromatic heterocycles. The monoisotopic (exact) mass is 287 g/mol. The second-order valence-electron chi connectivity index (χ2n) is 4.84. The number of anilines is 1. The standard InChI is InChI=1S/C13H18ClNO2S/c1-11(9-14)10-18(16,17)15-8-4-6-12-5-2-3-7-13(12)15/h2-3,5,7,11H,4,6,8-10H2,1H3. The van der Waals surface area contributed by atoms with Crippen molar-refractivity contribution in [1.82, 2.24) is 0 Å². The summed E-state index contributed by atoms with van der Waals surface area (Å²) in [6.07, 6.45) is 1.83. The first-order valence-corrected chi connectivity index (χ1v) is 8.33. The summed E-state index contributed by atoms with van der Waals surface area (Å²) in [6.45, 7) is 2.44. The lowest BCUT2D eigenvalue weighted by Crippen LogP contribution is -2.38. The molecule has 0 radical (unpaired) electrons. The van der Waals surface area contributed by atoms with Gasteiger partial charge in [0.2, 0.25) is 10.0 Å². The molecule has 0 saturated carbocycles. The maximum atomic E-state index is 12.4. The Morgan fingerprint density at radius 1 is 1.39 bits per heavy atom. The van der Waals surface area contributed by atoms with Crippen molar-refractivity contribution in [3.63, 3.8) is 0 Å². The molecule has 0 saturated heterocycles. The third kappa shape index (κ3) is 2.81. The molecular formula is C13H18ClNO2S. The molecule has 0 bridgehead atoms. The zero-order chi connectivity index (χ0) is 13.2. The fourth-order valence-electron chi connectivity index (χ4n) is 2.28. The molecule has 100 valence electrons. The van der Waals surface area contributed by atoms with Crippen LogP contribution in [0.15, 0.2) is 24.3 Å². The summed E-state index contributed by atoms with van der Waals surface area (Å²) in [6, 6.07) is 7.73. The van der Waals surface area contributed by atoms with E-state index in [1.54, 1.807) is 4.31 Å². The highest BCUT2D eigenvalue weighted by Gasteiger charge is 2.28. The number of aryl methyl sites for hydroxylation is 1. The van der Waals surface area contributed by atoms with Gasteiger partial charge in [-0.25, -0.2) is 8.42 Å². The summed E-state index contributed by atoms with van der Waals surface area (Å²) in [5.41, 5.74) is 1.95. The van der Waals surface area contributed by atoms with Crippen molar-refractivity contribution in [2.24, 2.45) is 5.92 Å². The van der Waals surface area contributed by atoms with Crippen LogP contribution in [0.1, 0.15) is 18.9 Å². The fraction of sp³-hybridized carbons (Fsp3) is 0.538. The minimum absolute atomic E-state index is 0.0224. The fourth-order valence-corrected chi connectivity index (χ4v) is 4.42. The summed E-state index contributed by atoms with van der Waals surface area (Å²) in [5.74, 6) is 0.463. The molecule has 0 amide bonds. The van der Waals surface area contributed by atoms with E-state index in [0.717, 1.165) is 24.1 Å². The molecule has 1 atom stereocenters. The number of sulfonamides is 1. The minimum atomic E-state index is -3.26. The van der Waals surface area contributed by atoms with Gasteiger partial charge in [0.1, 0.15) is 0 Å². The lowest BCUT2D eigenvalue weighted by molar-refractivity contribution is 0.574. The molecule has 1 unspecified atom stereocenters. The number of halogens is 1. The van der Waals surface area contributed by atoms with Gasteiger partial charge in [-0.1, -0.05) is 25.1 Å². The van der Waals surface area contributed by atoms with Crippen molar-refractivity contribution in [2.45, 2.75) is 19.8 Å². The van der Waals surface area contributed by atoms with Crippen LogP contribution >= 0.6 is 11.6 Å². The maximum absolute atomic E-state index is 12.4. The zero-order valence-corrected chi connectivity index (χ0v) is 12.0. The smallest absolute Gasteiger partial charge is 0.235 e. The molecule has 1 heterocycles. The van der Waals surface area contributed by atoms with Gasteiger partial charge in [-0.3, -0.25) is 4.31 Å². The zero-order valence-electron chi connectivity index (χ0n) is 10.5. The van der Waals surface area contributed by atoms with E-state index in [9.17, 15) is 8.42 Å². The van der Waals surface area contributed by atoms with Crippen LogP contribution in [-0.2, 0) is 16.4 Å². The van der Waals surface area contributed by atoms with E-state index in [4.69, 9.17) is 11.6 Å². The van der Waals surface area contributed by atoms with Gasteiger partial charge >= 0.3 is 0 Å². The molecule has 1 aromatic carbocycles. The van der Waals surface area contributed by atoms with Crippen molar-refractivity contribution in [3.05, 3.63) is 29.8 Å². The van der Waals surface area contributed by atoms with Crippen LogP contribution in [0.25, 0.3) is 0 Å². The van der Waals surface area contributed by atoms with Gasteiger partial charge in [-0.05, 0) is 30.4 Å². The Bertz CT molecular complexity index is 515. The average Bonchev–Trinajstić information content (AvgIpc) is 2.37. The predicted octanol–water partition coefficient (Wildman–Crippen LogP) is 2.64. The van der Waals surface area contributed by atoms with Crippen molar-refractivity contribution < 1.29 is 8.42 Å². The van der Waals surface area contributed by atoms with Crippen LogP contribution in [0.4, 0.5) is 5.69 Å². The molecule has 2 rings (SSSR count). The number of rotatable bonds is 4. The molecule has 1 aromatic rings. The van der Waals surface area contributed by atoms with Crippen LogP contribution in [0.2, 0.25) is 0 Å². The van der Waals surface area contributed by atoms with Crippen molar-refractivity contribution in [2.75, 3.05) is 22.5 Å². The molecular weight excluding hydrogens is 270 g/mol. The molecule has 0 N–H and O–H groups in total. The summed E-state index contributed by atoms with van der Waals surface area (Å²) >= 11 is 5.71. The van der Waals surface area contributed by atoms with Gasteiger partial charge in [-0.15, -0.1) is 11.6 Å². The summed E-state index contributed by atoms with van der Waals surface area (Å²) in [4.78, 5) is 0. The van der Waals surface area contributed by atoms with E-state index < -0.39 is 10.0 Å². The molecule has 0 fully saturated rings. The lowest BCUT2D eigenvalue weighted by Gasteiger charge is -2.31. The van der Waals surface area contributed by atoms with Crippen molar-refractivity contribution in [1.29, 1.82) is 0 Å². The third-order valence-corrected chi connectivity index (χ3v) is 5.73. The highest BCUT2D eigenvalue weighted by atomic mass is 35.5. The Morgan fingerprint density at radius 2 is 2.11 bits per heavy atom. The quantitative estimate of drug-likeness (QED) is 0.799. The largest absolute Gasteiger partial charge is 0.270 e. The number of para-hydroxylation sites is 1. The van der Waals surface area contributed by atoms with E-state index in [0.29, 0.717) is 12.4 Å². The highest BCUT2D eigenvalue weighted by Crippen LogP contribution is 2.29. The van der Waals surface area contributed by atoms with E-state index in [2.05, 4.69) is 0 Å². The number of hydrogen-bond acceptors (Lipinski definition) is 2. The Hall–Kier alpha value is -0.740. The first-order valence-electron chi connectivity index (χ1n) is 6.19. The minimum Gasteiger partial charge on any atom is -0.270 e.